The van der Waals surface area contributed by atoms with Crippen LogP contribution < -0.4 is 5.73 Å². The molecule has 0 aliphatic carbocycles. The first-order valence-corrected chi connectivity index (χ1v) is 3.46. The Hall–Kier alpha value is -1.78. The molecule has 12 heavy (non-hydrogen) atoms. The van der Waals surface area contributed by atoms with Crippen LogP contribution in [0.25, 0.3) is 11.5 Å². The third kappa shape index (κ3) is 0.868. The Morgan fingerprint density at radius 2 is 2.33 bits per heavy atom. The van der Waals surface area contributed by atoms with Gasteiger partial charge in [-0.3, -0.25) is 0 Å². The van der Waals surface area contributed by atoms with Crippen molar-refractivity contribution in [3.63, 3.8) is 0 Å². The molecule has 0 amide bonds. The van der Waals surface area contributed by atoms with Crippen molar-refractivity contribution in [1.82, 2.24) is 14.7 Å². The smallest absolute Gasteiger partial charge is 0.207 e. The zero-order valence-electron chi connectivity index (χ0n) is 6.56. The number of aromatic nitrogens is 3. The summed E-state index contributed by atoms with van der Waals surface area (Å²) >= 11 is 0. The van der Waals surface area contributed by atoms with E-state index >= 15 is 0 Å². The lowest BCUT2D eigenvalue weighted by atomic mass is 10.3. The number of nitrogen functional groups attached to an aromatic ring is 1. The van der Waals surface area contributed by atoms with Gasteiger partial charge in [0.2, 0.25) is 5.76 Å². The van der Waals surface area contributed by atoms with Gasteiger partial charge in [0, 0.05) is 7.05 Å². The first-order valence-electron chi connectivity index (χ1n) is 3.46. The lowest BCUT2D eigenvalue weighted by Gasteiger charge is -1.96. The summed E-state index contributed by atoms with van der Waals surface area (Å²) in [4.78, 5) is 3.94. The quantitative estimate of drug-likeness (QED) is 0.672. The Morgan fingerprint density at radius 3 is 2.83 bits per heavy atom. The van der Waals surface area contributed by atoms with E-state index in [9.17, 15) is 0 Å². The van der Waals surface area contributed by atoms with E-state index in [0.29, 0.717) is 11.4 Å². The second-order valence-corrected chi connectivity index (χ2v) is 2.50. The third-order valence-corrected chi connectivity index (χ3v) is 1.65. The molecule has 2 aromatic heterocycles. The van der Waals surface area contributed by atoms with Crippen LogP contribution in [0.4, 0.5) is 5.69 Å². The lowest BCUT2D eigenvalue weighted by molar-refractivity contribution is 0.430. The highest BCUT2D eigenvalue weighted by molar-refractivity contribution is 5.66. The fourth-order valence-corrected chi connectivity index (χ4v) is 1.02. The molecule has 2 heterocycles. The maximum atomic E-state index is 5.60. The van der Waals surface area contributed by atoms with Crippen molar-refractivity contribution >= 4 is 5.69 Å². The van der Waals surface area contributed by atoms with Crippen molar-refractivity contribution in [2.75, 3.05) is 5.73 Å². The van der Waals surface area contributed by atoms with E-state index in [1.807, 2.05) is 11.6 Å². The van der Waals surface area contributed by atoms with Gasteiger partial charge in [-0.1, -0.05) is 5.16 Å². The van der Waals surface area contributed by atoms with Gasteiger partial charge in [-0.15, -0.1) is 0 Å². The summed E-state index contributed by atoms with van der Waals surface area (Å²) in [5.41, 5.74) is 6.95. The monoisotopic (exact) mass is 164 g/mol. The number of nitrogens with zero attached hydrogens (tertiary/aromatic N) is 3. The molecule has 0 radical (unpaired) electrons. The molecule has 0 unspecified atom stereocenters. The molecule has 0 spiro atoms. The first-order chi connectivity index (χ1) is 5.79. The molecule has 2 rings (SSSR count). The van der Waals surface area contributed by atoms with Crippen molar-refractivity contribution in [3.8, 4) is 11.5 Å². The number of hydrogen-bond donors (Lipinski definition) is 1. The molecule has 0 saturated heterocycles. The summed E-state index contributed by atoms with van der Waals surface area (Å²) in [5, 5.41) is 3.58. The van der Waals surface area contributed by atoms with E-state index in [2.05, 4.69) is 10.1 Å². The number of rotatable bonds is 1. The predicted molar refractivity (Wildman–Crippen MR) is 43.1 cm³/mol. The molecular weight excluding hydrogens is 156 g/mol. The fourth-order valence-electron chi connectivity index (χ4n) is 1.02. The summed E-state index contributed by atoms with van der Waals surface area (Å²) in [6.45, 7) is 0. The van der Waals surface area contributed by atoms with Gasteiger partial charge in [-0.05, 0) is 0 Å². The summed E-state index contributed by atoms with van der Waals surface area (Å²) in [5.74, 6) is 0.565. The van der Waals surface area contributed by atoms with Crippen LogP contribution in [0.5, 0.6) is 0 Å². The van der Waals surface area contributed by atoms with Gasteiger partial charge in [0.1, 0.15) is 11.4 Å². The van der Waals surface area contributed by atoms with Gasteiger partial charge in [-0.25, -0.2) is 4.98 Å². The highest BCUT2D eigenvalue weighted by atomic mass is 16.5. The minimum absolute atomic E-state index is 0.526. The standard InChI is InChI=1S/C7H8N4O/c1-11-4-9-3-6(11)7-5(8)2-10-12-7/h2-4H,8H2,1H3. The van der Waals surface area contributed by atoms with Crippen LogP contribution in [-0.2, 0) is 7.05 Å². The molecule has 5 nitrogen and oxygen atoms in total. The Kier molecular flexibility index (Phi) is 1.36. The van der Waals surface area contributed by atoms with Crippen LogP contribution in [0.1, 0.15) is 0 Å². The zero-order chi connectivity index (χ0) is 8.55. The summed E-state index contributed by atoms with van der Waals surface area (Å²) in [6, 6.07) is 0. The van der Waals surface area contributed by atoms with Gasteiger partial charge in [-0.2, -0.15) is 0 Å². The Bertz CT molecular complexity index is 351. The van der Waals surface area contributed by atoms with E-state index in [1.165, 1.54) is 6.20 Å². The molecule has 0 aromatic carbocycles. The van der Waals surface area contributed by atoms with Gasteiger partial charge < -0.3 is 14.8 Å². The van der Waals surface area contributed by atoms with E-state index in [0.717, 1.165) is 5.69 Å². The number of nitrogens with two attached hydrogens (primary N) is 1. The third-order valence-electron chi connectivity index (χ3n) is 1.65. The SMILES string of the molecule is Cn1cncc1-c1oncc1N. The van der Waals surface area contributed by atoms with Crippen LogP contribution in [-0.4, -0.2) is 14.7 Å². The minimum atomic E-state index is 0.526. The van der Waals surface area contributed by atoms with Crippen LogP contribution in [0, 0.1) is 0 Å². The van der Waals surface area contributed by atoms with E-state index in [4.69, 9.17) is 10.3 Å². The molecule has 0 saturated carbocycles. The molecular formula is C7H8N4O. The van der Waals surface area contributed by atoms with Crippen LogP contribution in [0.15, 0.2) is 23.2 Å². The lowest BCUT2D eigenvalue weighted by Crippen LogP contribution is -1.91. The maximum absolute atomic E-state index is 5.60. The normalized spacial score (nSPS) is 10.4. The van der Waals surface area contributed by atoms with Gasteiger partial charge in [0.15, 0.2) is 0 Å². The molecule has 0 aliphatic rings. The molecule has 0 bridgehead atoms. The molecule has 0 atom stereocenters. The number of imidazole rings is 1. The summed E-state index contributed by atoms with van der Waals surface area (Å²) in [6.07, 6.45) is 4.83. The summed E-state index contributed by atoms with van der Waals surface area (Å²) < 4.78 is 6.77. The zero-order valence-corrected chi connectivity index (χ0v) is 6.56. The van der Waals surface area contributed by atoms with E-state index in [1.54, 1.807) is 12.5 Å². The van der Waals surface area contributed by atoms with Gasteiger partial charge in [0.25, 0.3) is 0 Å². The molecule has 2 aromatic rings. The van der Waals surface area contributed by atoms with Crippen molar-refractivity contribution in [2.24, 2.45) is 7.05 Å². The Labute approximate surface area is 68.8 Å². The van der Waals surface area contributed by atoms with Crippen molar-refractivity contribution < 1.29 is 4.52 Å². The maximum Gasteiger partial charge on any atom is 0.207 e. The van der Waals surface area contributed by atoms with Crippen molar-refractivity contribution in [3.05, 3.63) is 18.7 Å². The molecule has 0 aliphatic heterocycles. The average molecular weight is 164 g/mol. The second-order valence-electron chi connectivity index (χ2n) is 2.50. The number of anilines is 1. The number of hydrogen-bond acceptors (Lipinski definition) is 4. The molecule has 2 N–H and O–H groups in total. The van der Waals surface area contributed by atoms with E-state index < -0.39 is 0 Å². The topological polar surface area (TPSA) is 69.9 Å². The highest BCUT2D eigenvalue weighted by Gasteiger charge is 2.10. The van der Waals surface area contributed by atoms with Crippen LogP contribution >= 0.6 is 0 Å². The highest BCUT2D eigenvalue weighted by Crippen LogP contribution is 2.23. The van der Waals surface area contributed by atoms with Crippen molar-refractivity contribution in [2.45, 2.75) is 0 Å². The fraction of sp³-hybridized carbons (Fsp3) is 0.143. The van der Waals surface area contributed by atoms with E-state index in [-0.39, 0.29) is 0 Å². The number of aryl methyl sites for hydroxylation is 1. The first kappa shape index (κ1) is 6.90. The van der Waals surface area contributed by atoms with Gasteiger partial charge in [0.05, 0.1) is 18.7 Å². The largest absolute Gasteiger partial charge is 0.394 e. The average Bonchev–Trinajstić information content (AvgIpc) is 2.59. The predicted octanol–water partition coefficient (Wildman–Crippen LogP) is 0.657. The summed E-state index contributed by atoms with van der Waals surface area (Å²) in [7, 11) is 1.87. The Balaban J connectivity index is 2.57. The van der Waals surface area contributed by atoms with Crippen LogP contribution in [0.3, 0.4) is 0 Å². The van der Waals surface area contributed by atoms with Crippen LogP contribution in [0.2, 0.25) is 0 Å². The molecule has 5 heteroatoms. The molecule has 62 valence electrons. The van der Waals surface area contributed by atoms with Crippen molar-refractivity contribution in [1.29, 1.82) is 0 Å². The minimum Gasteiger partial charge on any atom is -0.394 e. The molecule has 0 fully saturated rings. The second kappa shape index (κ2) is 2.37. The Morgan fingerprint density at radius 1 is 1.50 bits per heavy atom. The van der Waals surface area contributed by atoms with Gasteiger partial charge >= 0.3 is 0 Å².